The molecule has 1 N–H and O–H groups in total. The summed E-state index contributed by atoms with van der Waals surface area (Å²) in [4.78, 5) is 0. The average Bonchev–Trinajstić information content (AvgIpc) is 4.11. The highest BCUT2D eigenvalue weighted by Crippen LogP contribution is 2.57. The van der Waals surface area contributed by atoms with Crippen LogP contribution in [0.3, 0.4) is 0 Å². The van der Waals surface area contributed by atoms with Gasteiger partial charge in [0.2, 0.25) is 0 Å². The molecule has 3 aliphatic rings. The highest BCUT2D eigenvalue weighted by molar-refractivity contribution is 6.74. The first-order valence-electron chi connectivity index (χ1n) is 26.7. The molecule has 0 spiro atoms. The number of nitrogens with zero attached hydrogens (tertiary/aromatic N) is 1. The Balaban J connectivity index is 1.09. The Morgan fingerprint density at radius 3 is 1.97 bits per heavy atom. The maximum Gasteiger partial charge on any atom is 0.198 e. The molecule has 0 unspecified atom stereocenters. The van der Waals surface area contributed by atoms with Gasteiger partial charge in [0.1, 0.15) is 22.3 Å². The average molecular weight is 959 g/mol. The van der Waals surface area contributed by atoms with Crippen LogP contribution in [0.4, 0.5) is 11.4 Å². The van der Waals surface area contributed by atoms with Gasteiger partial charge in [0.05, 0.1) is 11.0 Å². The Labute approximate surface area is 433 Å². The summed E-state index contributed by atoms with van der Waals surface area (Å²) in [5, 5.41) is 11.2. The van der Waals surface area contributed by atoms with Gasteiger partial charge >= 0.3 is 0 Å². The summed E-state index contributed by atoms with van der Waals surface area (Å²) < 4.78 is 16.7. The van der Waals surface area contributed by atoms with Crippen LogP contribution in [-0.2, 0) is 21.7 Å². The van der Waals surface area contributed by atoms with Crippen LogP contribution >= 0.6 is 0 Å². The minimum absolute atomic E-state index is 0.0570. The lowest BCUT2D eigenvalue weighted by Gasteiger charge is -2.42. The van der Waals surface area contributed by atoms with Gasteiger partial charge in [-0.1, -0.05) is 165 Å². The first-order valence-corrected chi connectivity index (χ1v) is 26.7. The van der Waals surface area contributed by atoms with E-state index in [1.54, 1.807) is 0 Å². The van der Waals surface area contributed by atoms with E-state index in [9.17, 15) is 0 Å². The van der Waals surface area contributed by atoms with E-state index >= 15 is 0 Å². The van der Waals surface area contributed by atoms with Crippen LogP contribution in [-0.4, -0.2) is 11.8 Å². The van der Waals surface area contributed by atoms with Gasteiger partial charge in [-0.15, -0.1) is 0 Å². The van der Waals surface area contributed by atoms with Crippen LogP contribution < -0.4 is 16.2 Å². The van der Waals surface area contributed by atoms with Crippen LogP contribution in [0.15, 0.2) is 167 Å². The van der Waals surface area contributed by atoms with E-state index in [4.69, 9.17) is 8.83 Å². The highest BCUT2D eigenvalue weighted by Gasteiger charge is 2.44. The van der Waals surface area contributed by atoms with E-state index in [2.05, 4.69) is 230 Å². The molecule has 0 saturated carbocycles. The Hall–Kier alpha value is -7.76. The molecule has 0 bridgehead atoms. The molecule has 0 radical (unpaired) electrons. The molecular weight excluding hydrogens is 900 g/mol. The van der Waals surface area contributed by atoms with Crippen molar-refractivity contribution in [3.8, 4) is 39.1 Å². The fraction of sp³-hybridized carbons (Fsp3) is 0.217. The molecule has 0 fully saturated rings. The molecule has 0 amide bonds. The number of fused-ring (bicyclic) bond motifs is 16. The fourth-order valence-corrected chi connectivity index (χ4v) is 13.8. The van der Waals surface area contributed by atoms with E-state index in [0.29, 0.717) is 7.28 Å². The van der Waals surface area contributed by atoms with Crippen molar-refractivity contribution >= 4 is 95.3 Å². The smallest absolute Gasteiger partial charge is 0.198 e. The van der Waals surface area contributed by atoms with Gasteiger partial charge < -0.3 is 18.7 Å². The summed E-state index contributed by atoms with van der Waals surface area (Å²) in [5.41, 5.74) is 26.1. The first-order chi connectivity index (χ1) is 35.5. The second kappa shape index (κ2) is 14.7. The Morgan fingerprint density at radius 1 is 0.527 bits per heavy atom. The van der Waals surface area contributed by atoms with Crippen LogP contribution in [0.1, 0.15) is 103 Å². The molecule has 15 rings (SSSR count). The van der Waals surface area contributed by atoms with Crippen molar-refractivity contribution in [2.45, 2.75) is 96.8 Å². The van der Waals surface area contributed by atoms with E-state index in [-0.39, 0.29) is 21.7 Å². The zero-order valence-corrected chi connectivity index (χ0v) is 43.9. The van der Waals surface area contributed by atoms with Crippen molar-refractivity contribution in [2.24, 2.45) is 0 Å². The van der Waals surface area contributed by atoms with Gasteiger partial charge in [-0.2, -0.15) is 0 Å². The highest BCUT2D eigenvalue weighted by atomic mass is 16.3. The number of anilines is 2. The standard InChI is InChI=1S/C69H59BN2O2/c1-66(2,3)40-26-27-55-48(31-40)60-61-43-23-14-16-25-58(43)74-65(61)62(63-64(60)72(55)56-37-59-46(34-53(56)70-63)42-22-13-15-24-57(42)73-59)47-32-44-45-33-51-52(68(6,7)29-28-67(51,4)5)35-49(45)69(8,9)50(44)36-54(47)71-41-21-17-20-39(30-41)38-18-11-10-12-19-38/h10-27,30-37,70-71H,28-29H2,1-9H3. The summed E-state index contributed by atoms with van der Waals surface area (Å²) in [6.45, 7) is 21.7. The molecule has 9 aromatic carbocycles. The van der Waals surface area contributed by atoms with Gasteiger partial charge in [0.25, 0.3) is 0 Å². The SMILES string of the molecule is CC(C)(C)c1ccc2c(c1)c1c3c(oc4ccccc43)c(-c3cc4c(cc3Nc3cccc(-c5ccccc5)c3)C(C)(C)c3cc5c(cc3-4)C(C)(C)CCC5(C)C)c3c1n2-c1cc2oc4ccccc4c2cc1B3. The topological polar surface area (TPSA) is 43.2 Å². The van der Waals surface area contributed by atoms with Crippen molar-refractivity contribution < 1.29 is 8.83 Å². The van der Waals surface area contributed by atoms with Crippen molar-refractivity contribution in [3.63, 3.8) is 0 Å². The molecule has 1 aliphatic heterocycles. The lowest BCUT2D eigenvalue weighted by molar-refractivity contribution is 0.331. The predicted octanol–water partition coefficient (Wildman–Crippen LogP) is 17.3. The van der Waals surface area contributed by atoms with E-state index in [0.717, 1.165) is 66.4 Å². The van der Waals surface area contributed by atoms with Gasteiger partial charge in [0.15, 0.2) is 7.28 Å². The Morgan fingerprint density at radius 2 is 1.20 bits per heavy atom. The molecule has 4 heterocycles. The molecule has 74 heavy (non-hydrogen) atoms. The third-order valence-corrected chi connectivity index (χ3v) is 18.0. The minimum Gasteiger partial charge on any atom is -0.456 e. The molecule has 0 saturated heterocycles. The monoisotopic (exact) mass is 958 g/mol. The molecule has 5 heteroatoms. The summed E-state index contributed by atoms with van der Waals surface area (Å²) in [6, 6.07) is 59.0. The van der Waals surface area contributed by atoms with Gasteiger partial charge in [0, 0.05) is 72.0 Å². The van der Waals surface area contributed by atoms with E-state index in [1.165, 1.54) is 101 Å². The molecular formula is C69H59BN2O2. The van der Waals surface area contributed by atoms with Crippen molar-refractivity contribution in [2.75, 3.05) is 5.32 Å². The van der Waals surface area contributed by atoms with Crippen LogP contribution in [0.5, 0.6) is 0 Å². The van der Waals surface area contributed by atoms with Crippen molar-refractivity contribution in [1.29, 1.82) is 0 Å². The lowest BCUT2D eigenvalue weighted by Crippen LogP contribution is -2.37. The molecule has 2 aliphatic carbocycles. The second-order valence-corrected chi connectivity index (χ2v) is 24.8. The normalized spacial score (nSPS) is 16.0. The summed E-state index contributed by atoms with van der Waals surface area (Å²) in [6.07, 6.45) is 2.34. The van der Waals surface area contributed by atoms with Crippen LogP contribution in [0, 0.1) is 0 Å². The van der Waals surface area contributed by atoms with Gasteiger partial charge in [-0.3, -0.25) is 0 Å². The van der Waals surface area contributed by atoms with E-state index < -0.39 is 0 Å². The number of aromatic nitrogens is 1. The van der Waals surface area contributed by atoms with Gasteiger partial charge in [-0.25, -0.2) is 0 Å². The maximum atomic E-state index is 7.46. The van der Waals surface area contributed by atoms with Gasteiger partial charge in [-0.05, 0) is 139 Å². The molecule has 4 nitrogen and oxygen atoms in total. The molecule has 3 aromatic heterocycles. The molecule has 0 atom stereocenters. The maximum absolute atomic E-state index is 7.46. The third kappa shape index (κ3) is 6.04. The zero-order valence-electron chi connectivity index (χ0n) is 43.9. The Bertz CT molecular complexity index is 4430. The third-order valence-electron chi connectivity index (χ3n) is 18.0. The van der Waals surface area contributed by atoms with Crippen molar-refractivity contribution in [1.82, 2.24) is 4.57 Å². The summed E-state index contributed by atoms with van der Waals surface area (Å²) >= 11 is 0. The quantitative estimate of drug-likeness (QED) is 0.179. The number of para-hydroxylation sites is 2. The van der Waals surface area contributed by atoms with Crippen LogP contribution in [0.25, 0.3) is 105 Å². The minimum atomic E-state index is -0.250. The summed E-state index contributed by atoms with van der Waals surface area (Å²) in [7, 11) is 0.713. The van der Waals surface area contributed by atoms with Crippen LogP contribution in [0.2, 0.25) is 0 Å². The number of benzene rings is 9. The largest absolute Gasteiger partial charge is 0.456 e. The second-order valence-electron chi connectivity index (χ2n) is 24.8. The first kappa shape index (κ1) is 43.8. The zero-order chi connectivity index (χ0) is 50.4. The van der Waals surface area contributed by atoms with E-state index in [1.807, 2.05) is 0 Å². The number of hydrogen-bond donors (Lipinski definition) is 1. The van der Waals surface area contributed by atoms with Crippen molar-refractivity contribution in [3.05, 3.63) is 186 Å². The number of hydrogen-bond acceptors (Lipinski definition) is 3. The number of rotatable bonds is 4. The number of nitrogens with one attached hydrogen (secondary N) is 1. The lowest BCUT2D eigenvalue weighted by atomic mass is 9.58. The molecule has 12 aromatic rings. The molecule has 360 valence electrons. The Kier molecular flexibility index (Phi) is 8.71. The predicted molar refractivity (Wildman–Crippen MR) is 314 cm³/mol. The number of furan rings is 2. The fourth-order valence-electron chi connectivity index (χ4n) is 13.8. The summed E-state index contributed by atoms with van der Waals surface area (Å²) in [5.74, 6) is 0.